The van der Waals surface area contributed by atoms with Crippen molar-refractivity contribution in [3.8, 4) is 0 Å². The first-order chi connectivity index (χ1) is 5.15. The van der Waals surface area contributed by atoms with Gasteiger partial charge in [0.1, 0.15) is 5.82 Å². The fourth-order valence-corrected chi connectivity index (χ4v) is 1.38. The molecule has 0 unspecified atom stereocenters. The summed E-state index contributed by atoms with van der Waals surface area (Å²) in [5.74, 6) is -2.75. The fraction of sp³-hybridized carbons (Fsp3) is 0.143. The van der Waals surface area contributed by atoms with Gasteiger partial charge in [0.2, 0.25) is 0 Å². The van der Waals surface area contributed by atoms with E-state index in [0.717, 1.165) is 16.3 Å². The Kier molecular flexibility index (Phi) is 2.33. The van der Waals surface area contributed by atoms with Gasteiger partial charge in [-0.15, -0.1) is 0 Å². The van der Waals surface area contributed by atoms with Crippen molar-refractivity contribution in [2.24, 2.45) is 0 Å². The summed E-state index contributed by atoms with van der Waals surface area (Å²) in [4.78, 5) is 0. The molecule has 0 bridgehead atoms. The minimum Gasteiger partial charge on any atom is -0.207 e. The second-order valence-corrected chi connectivity index (χ2v) is 2.92. The Morgan fingerprint density at radius 3 is 2.09 bits per heavy atom. The summed E-state index contributed by atoms with van der Waals surface area (Å²) in [6.45, 7) is 0. The second-order valence-electron chi connectivity index (χ2n) is 2.21. The molecule has 0 spiro atoms. The Bertz CT molecular complexity index is 273. The quantitative estimate of drug-likeness (QED) is 0.442. The number of rotatable bonds is 1. The van der Waals surface area contributed by atoms with Gasteiger partial charge in [0, 0.05) is 16.3 Å². The predicted octanol–water partition coefficient (Wildman–Crippen LogP) is 0.969. The zero-order chi connectivity index (χ0) is 8.43. The predicted molar refractivity (Wildman–Crippen MR) is 40.0 cm³/mol. The van der Waals surface area contributed by atoms with Crippen LogP contribution < -0.4 is 0 Å². The van der Waals surface area contributed by atoms with Crippen LogP contribution in [-0.2, 0) is 6.04 Å². The molecule has 0 N–H and O–H groups in total. The molecule has 0 aliphatic carbocycles. The van der Waals surface area contributed by atoms with Crippen LogP contribution in [-0.4, -0.2) is 10.2 Å². The van der Waals surface area contributed by atoms with E-state index in [1.807, 2.05) is 0 Å². The average molecular weight is 176 g/mol. The highest BCUT2D eigenvalue weighted by Crippen LogP contribution is 2.12. The normalized spacial score (nSPS) is 10.5. The van der Waals surface area contributed by atoms with Gasteiger partial charge in [0.05, 0.1) is 0 Å². The summed E-state index contributed by atoms with van der Waals surface area (Å²) in [5, 5.41) is 0. The van der Waals surface area contributed by atoms with E-state index in [0.29, 0.717) is 12.1 Å². The Balaban J connectivity index is 3.21. The maximum absolute atomic E-state index is 12.6. The van der Waals surface area contributed by atoms with Crippen molar-refractivity contribution in [1.29, 1.82) is 0 Å². The molecular weight excluding hydrogens is 169 g/mol. The van der Waals surface area contributed by atoms with Crippen LogP contribution in [0.15, 0.2) is 12.1 Å². The lowest BCUT2D eigenvalue weighted by Crippen LogP contribution is -1.94. The SMILES string of the molecule is Fc1cc(F)c(C[SiH3])cc1F. The van der Waals surface area contributed by atoms with Gasteiger partial charge < -0.3 is 0 Å². The molecular formula is C7H7F3Si. The van der Waals surface area contributed by atoms with Crippen LogP contribution >= 0.6 is 0 Å². The Labute approximate surface area is 65.5 Å². The highest BCUT2D eigenvalue weighted by atomic mass is 28.1. The number of benzene rings is 1. The molecule has 0 radical (unpaired) electrons. The van der Waals surface area contributed by atoms with Gasteiger partial charge in [-0.05, 0) is 17.7 Å². The van der Waals surface area contributed by atoms with E-state index >= 15 is 0 Å². The van der Waals surface area contributed by atoms with Crippen LogP contribution in [0.4, 0.5) is 13.2 Å². The van der Waals surface area contributed by atoms with Crippen molar-refractivity contribution in [1.82, 2.24) is 0 Å². The highest BCUT2D eigenvalue weighted by molar-refractivity contribution is 6.08. The van der Waals surface area contributed by atoms with Gasteiger partial charge in [0.15, 0.2) is 11.6 Å². The summed E-state index contributed by atoms with van der Waals surface area (Å²) in [6.07, 6.45) is 0. The molecule has 0 aliphatic heterocycles. The van der Waals surface area contributed by atoms with Gasteiger partial charge in [-0.25, -0.2) is 13.2 Å². The zero-order valence-electron chi connectivity index (χ0n) is 6.00. The van der Waals surface area contributed by atoms with E-state index in [1.54, 1.807) is 0 Å². The molecule has 0 atom stereocenters. The summed E-state index contributed by atoms with van der Waals surface area (Å²) >= 11 is 0. The van der Waals surface area contributed by atoms with E-state index in [1.165, 1.54) is 0 Å². The molecule has 1 rings (SSSR count). The second kappa shape index (κ2) is 3.09. The highest BCUT2D eigenvalue weighted by Gasteiger charge is 2.07. The number of halogens is 3. The standard InChI is InChI=1S/C7H7F3Si/c8-5-2-7(10)6(9)1-4(5)3-11/h1-2H,3H2,11H3. The Hall–Kier alpha value is -0.773. The molecule has 0 amide bonds. The van der Waals surface area contributed by atoms with E-state index in [9.17, 15) is 13.2 Å². The third-order valence-electron chi connectivity index (χ3n) is 1.47. The van der Waals surface area contributed by atoms with Crippen molar-refractivity contribution in [2.75, 3.05) is 0 Å². The zero-order valence-corrected chi connectivity index (χ0v) is 8.00. The molecule has 0 saturated carbocycles. The van der Waals surface area contributed by atoms with Crippen LogP contribution in [0.2, 0.25) is 0 Å². The van der Waals surface area contributed by atoms with Crippen molar-refractivity contribution >= 4 is 10.2 Å². The molecule has 0 heterocycles. The molecule has 4 heteroatoms. The van der Waals surface area contributed by atoms with Crippen LogP contribution in [0.25, 0.3) is 0 Å². The molecule has 0 aliphatic rings. The van der Waals surface area contributed by atoms with E-state index < -0.39 is 17.5 Å². The molecule has 0 nitrogen and oxygen atoms in total. The van der Waals surface area contributed by atoms with E-state index in [-0.39, 0.29) is 5.56 Å². The monoisotopic (exact) mass is 176 g/mol. The molecule has 0 fully saturated rings. The lowest BCUT2D eigenvalue weighted by Gasteiger charge is -1.99. The fourth-order valence-electron chi connectivity index (χ4n) is 0.835. The lowest BCUT2D eigenvalue weighted by molar-refractivity contribution is 0.491. The maximum atomic E-state index is 12.6. The van der Waals surface area contributed by atoms with Crippen LogP contribution in [0.5, 0.6) is 0 Å². The molecule has 0 saturated heterocycles. The molecule has 11 heavy (non-hydrogen) atoms. The lowest BCUT2D eigenvalue weighted by atomic mass is 10.2. The third-order valence-corrected chi connectivity index (χ3v) is 2.23. The maximum Gasteiger partial charge on any atom is 0.161 e. The first-order valence-electron chi connectivity index (χ1n) is 3.28. The van der Waals surface area contributed by atoms with Gasteiger partial charge in [-0.2, -0.15) is 0 Å². The van der Waals surface area contributed by atoms with Crippen molar-refractivity contribution < 1.29 is 13.2 Å². The van der Waals surface area contributed by atoms with E-state index in [2.05, 4.69) is 0 Å². The summed E-state index contributed by atoms with van der Waals surface area (Å²) in [6, 6.07) is 2.00. The third kappa shape index (κ3) is 1.62. The molecule has 1 aromatic rings. The van der Waals surface area contributed by atoms with Gasteiger partial charge in [-0.1, -0.05) is 0 Å². The van der Waals surface area contributed by atoms with Crippen LogP contribution in [0.3, 0.4) is 0 Å². The van der Waals surface area contributed by atoms with E-state index in [4.69, 9.17) is 0 Å². The minimum absolute atomic E-state index is 0.260. The van der Waals surface area contributed by atoms with Crippen LogP contribution in [0, 0.1) is 17.5 Å². The summed E-state index contributed by atoms with van der Waals surface area (Å²) < 4.78 is 37.4. The number of hydrogen-bond donors (Lipinski definition) is 0. The average Bonchev–Trinajstić information content (AvgIpc) is 1.97. The van der Waals surface area contributed by atoms with Gasteiger partial charge in [0.25, 0.3) is 0 Å². The van der Waals surface area contributed by atoms with Gasteiger partial charge in [-0.3, -0.25) is 0 Å². The first kappa shape index (κ1) is 8.32. The summed E-state index contributed by atoms with van der Waals surface area (Å²) in [7, 11) is 0.742. The summed E-state index contributed by atoms with van der Waals surface area (Å²) in [5.41, 5.74) is 0.260. The van der Waals surface area contributed by atoms with Crippen molar-refractivity contribution in [2.45, 2.75) is 6.04 Å². The van der Waals surface area contributed by atoms with Crippen molar-refractivity contribution in [3.05, 3.63) is 35.1 Å². The number of hydrogen-bond acceptors (Lipinski definition) is 0. The molecule has 60 valence electrons. The molecule has 0 aromatic heterocycles. The molecule has 1 aromatic carbocycles. The van der Waals surface area contributed by atoms with Crippen LogP contribution in [0.1, 0.15) is 5.56 Å². The Morgan fingerprint density at radius 1 is 1.00 bits per heavy atom. The first-order valence-corrected chi connectivity index (χ1v) is 4.70. The van der Waals surface area contributed by atoms with Gasteiger partial charge >= 0.3 is 0 Å². The Morgan fingerprint density at radius 2 is 1.55 bits per heavy atom. The van der Waals surface area contributed by atoms with Crippen molar-refractivity contribution in [3.63, 3.8) is 0 Å². The largest absolute Gasteiger partial charge is 0.207 e. The smallest absolute Gasteiger partial charge is 0.161 e. The minimum atomic E-state index is -1.12. The topological polar surface area (TPSA) is 0 Å².